The second kappa shape index (κ2) is 2.90. The Morgan fingerprint density at radius 3 is 2.75 bits per heavy atom. The van der Waals surface area contributed by atoms with Crippen molar-refractivity contribution >= 4 is 0 Å². The van der Waals surface area contributed by atoms with Gasteiger partial charge in [0.25, 0.3) is 0 Å². The van der Waals surface area contributed by atoms with E-state index in [1.807, 2.05) is 0 Å². The third-order valence-corrected chi connectivity index (χ3v) is 1.73. The second-order valence-corrected chi connectivity index (χ2v) is 3.10. The van der Waals surface area contributed by atoms with Crippen molar-refractivity contribution in [2.45, 2.75) is 19.3 Å². The van der Waals surface area contributed by atoms with Gasteiger partial charge in [0.15, 0.2) is 0 Å². The molecule has 0 atom stereocenters. The summed E-state index contributed by atoms with van der Waals surface area (Å²) in [4.78, 5) is 3.41. The summed E-state index contributed by atoms with van der Waals surface area (Å²) in [5, 5.41) is 8.75. The van der Waals surface area contributed by atoms with E-state index in [9.17, 15) is 4.39 Å². The Morgan fingerprint density at radius 2 is 2.25 bits per heavy atom. The zero-order chi connectivity index (χ0) is 9.19. The van der Waals surface area contributed by atoms with Crippen LogP contribution in [0.5, 0.6) is 0 Å². The molecule has 0 amide bonds. The predicted octanol–water partition coefficient (Wildman–Crippen LogP) is 2.02. The molecule has 0 saturated heterocycles. The molecule has 12 heavy (non-hydrogen) atoms. The molecule has 0 aliphatic carbocycles. The van der Waals surface area contributed by atoms with Crippen LogP contribution in [0.3, 0.4) is 0 Å². The smallest absolute Gasteiger partial charge is 0.213 e. The molecule has 0 unspecified atom stereocenters. The fraction of sp³-hybridized carbons (Fsp3) is 0.333. The lowest BCUT2D eigenvalue weighted by Gasteiger charge is -2.14. The predicted molar refractivity (Wildman–Crippen MR) is 42.8 cm³/mol. The molecule has 0 fully saturated rings. The average Bonchev–Trinajstić information content (AvgIpc) is 2.05. The SMILES string of the molecule is CC(C)(C#N)c1ccnc(F)c1. The number of nitriles is 1. The Hall–Kier alpha value is -1.43. The molecule has 0 aliphatic heterocycles. The summed E-state index contributed by atoms with van der Waals surface area (Å²) in [6, 6.07) is 5.02. The Labute approximate surface area is 70.7 Å². The van der Waals surface area contributed by atoms with Gasteiger partial charge in [-0.05, 0) is 31.5 Å². The Morgan fingerprint density at radius 1 is 1.58 bits per heavy atom. The monoisotopic (exact) mass is 164 g/mol. The molecule has 1 aromatic heterocycles. The molecule has 62 valence electrons. The van der Waals surface area contributed by atoms with Crippen LogP contribution < -0.4 is 0 Å². The highest BCUT2D eigenvalue weighted by molar-refractivity contribution is 5.27. The number of rotatable bonds is 1. The van der Waals surface area contributed by atoms with Crippen LogP contribution in [-0.2, 0) is 5.41 Å². The second-order valence-electron chi connectivity index (χ2n) is 3.10. The van der Waals surface area contributed by atoms with Gasteiger partial charge in [-0.25, -0.2) is 4.98 Å². The van der Waals surface area contributed by atoms with Crippen molar-refractivity contribution in [3.63, 3.8) is 0 Å². The average molecular weight is 164 g/mol. The minimum Gasteiger partial charge on any atom is -0.228 e. The topological polar surface area (TPSA) is 36.7 Å². The van der Waals surface area contributed by atoms with Crippen LogP contribution in [-0.4, -0.2) is 4.98 Å². The summed E-state index contributed by atoms with van der Waals surface area (Å²) < 4.78 is 12.6. The van der Waals surface area contributed by atoms with Gasteiger partial charge in [0, 0.05) is 6.20 Å². The van der Waals surface area contributed by atoms with Crippen molar-refractivity contribution in [2.24, 2.45) is 0 Å². The maximum absolute atomic E-state index is 12.6. The van der Waals surface area contributed by atoms with Gasteiger partial charge in [-0.1, -0.05) is 0 Å². The first-order chi connectivity index (χ1) is 5.56. The van der Waals surface area contributed by atoms with Crippen molar-refractivity contribution in [3.8, 4) is 6.07 Å². The van der Waals surface area contributed by atoms with Gasteiger partial charge in [-0.3, -0.25) is 0 Å². The van der Waals surface area contributed by atoms with Crippen LogP contribution in [0.1, 0.15) is 19.4 Å². The number of aromatic nitrogens is 1. The Balaban J connectivity index is 3.14. The van der Waals surface area contributed by atoms with E-state index in [-0.39, 0.29) is 0 Å². The van der Waals surface area contributed by atoms with Crippen LogP contribution in [0.15, 0.2) is 18.3 Å². The van der Waals surface area contributed by atoms with Gasteiger partial charge in [-0.15, -0.1) is 0 Å². The lowest BCUT2D eigenvalue weighted by molar-refractivity contribution is 0.572. The minimum atomic E-state index is -0.649. The summed E-state index contributed by atoms with van der Waals surface area (Å²) in [6.45, 7) is 3.48. The molecule has 0 aromatic carbocycles. The fourth-order valence-corrected chi connectivity index (χ4v) is 0.856. The summed E-state index contributed by atoms with van der Waals surface area (Å²) in [5.74, 6) is -0.546. The Bertz CT molecular complexity index is 326. The van der Waals surface area contributed by atoms with E-state index in [2.05, 4.69) is 11.1 Å². The summed E-state index contributed by atoms with van der Waals surface area (Å²) in [6.07, 6.45) is 1.36. The van der Waals surface area contributed by atoms with E-state index < -0.39 is 11.4 Å². The number of hydrogen-bond donors (Lipinski definition) is 0. The first-order valence-corrected chi connectivity index (χ1v) is 3.59. The molecule has 2 nitrogen and oxygen atoms in total. The van der Waals surface area contributed by atoms with Crippen molar-refractivity contribution in [3.05, 3.63) is 29.8 Å². The highest BCUT2D eigenvalue weighted by atomic mass is 19.1. The number of nitrogens with zero attached hydrogens (tertiary/aromatic N) is 2. The third-order valence-electron chi connectivity index (χ3n) is 1.73. The maximum Gasteiger partial charge on any atom is 0.213 e. The molecule has 1 aromatic rings. The molecular formula is C9H9FN2. The summed E-state index contributed by atoms with van der Waals surface area (Å²) >= 11 is 0. The quantitative estimate of drug-likeness (QED) is 0.595. The van der Waals surface area contributed by atoms with Gasteiger partial charge in [0.05, 0.1) is 11.5 Å². The zero-order valence-corrected chi connectivity index (χ0v) is 7.00. The molecular weight excluding hydrogens is 155 g/mol. The standard InChI is InChI=1S/C9H9FN2/c1-9(2,6-11)7-3-4-12-8(10)5-7/h3-5H,1-2H3. The number of halogens is 1. The van der Waals surface area contributed by atoms with Crippen LogP contribution in [0.2, 0.25) is 0 Å². The number of pyridine rings is 1. The van der Waals surface area contributed by atoms with Gasteiger partial charge in [0.2, 0.25) is 5.95 Å². The van der Waals surface area contributed by atoms with Crippen LogP contribution in [0, 0.1) is 17.3 Å². The van der Waals surface area contributed by atoms with E-state index in [0.717, 1.165) is 0 Å². The van der Waals surface area contributed by atoms with Gasteiger partial charge in [-0.2, -0.15) is 9.65 Å². The first kappa shape index (κ1) is 8.66. The van der Waals surface area contributed by atoms with Gasteiger partial charge < -0.3 is 0 Å². The fourth-order valence-electron chi connectivity index (χ4n) is 0.856. The maximum atomic E-state index is 12.6. The molecule has 1 rings (SSSR count). The van der Waals surface area contributed by atoms with E-state index in [4.69, 9.17) is 5.26 Å². The lowest BCUT2D eigenvalue weighted by Crippen LogP contribution is -2.14. The van der Waals surface area contributed by atoms with Crippen molar-refractivity contribution in [2.75, 3.05) is 0 Å². The highest BCUT2D eigenvalue weighted by Gasteiger charge is 2.19. The van der Waals surface area contributed by atoms with Gasteiger partial charge >= 0.3 is 0 Å². The molecule has 0 aliphatic rings. The third kappa shape index (κ3) is 1.59. The minimum absolute atomic E-state index is 0.546. The van der Waals surface area contributed by atoms with E-state index >= 15 is 0 Å². The largest absolute Gasteiger partial charge is 0.228 e. The van der Waals surface area contributed by atoms with Crippen LogP contribution >= 0.6 is 0 Å². The molecule has 0 N–H and O–H groups in total. The number of hydrogen-bond acceptors (Lipinski definition) is 2. The van der Waals surface area contributed by atoms with Crippen molar-refractivity contribution < 1.29 is 4.39 Å². The van der Waals surface area contributed by atoms with E-state index in [0.29, 0.717) is 5.56 Å². The molecule has 0 saturated carbocycles. The first-order valence-electron chi connectivity index (χ1n) is 3.59. The highest BCUT2D eigenvalue weighted by Crippen LogP contribution is 2.21. The molecule has 0 radical (unpaired) electrons. The van der Waals surface area contributed by atoms with Crippen LogP contribution in [0.25, 0.3) is 0 Å². The zero-order valence-electron chi connectivity index (χ0n) is 7.00. The summed E-state index contributed by atoms with van der Waals surface area (Å²) in [5.41, 5.74) is 0.00144. The van der Waals surface area contributed by atoms with Crippen LogP contribution in [0.4, 0.5) is 4.39 Å². The van der Waals surface area contributed by atoms with Crippen molar-refractivity contribution in [1.82, 2.24) is 4.98 Å². The molecule has 3 heteroatoms. The van der Waals surface area contributed by atoms with E-state index in [1.54, 1.807) is 19.9 Å². The molecule has 0 spiro atoms. The van der Waals surface area contributed by atoms with Crippen molar-refractivity contribution in [1.29, 1.82) is 5.26 Å². The normalized spacial score (nSPS) is 10.8. The molecule has 0 bridgehead atoms. The van der Waals surface area contributed by atoms with E-state index in [1.165, 1.54) is 12.3 Å². The molecule has 1 heterocycles. The van der Waals surface area contributed by atoms with Gasteiger partial charge in [0.1, 0.15) is 0 Å². The summed E-state index contributed by atoms with van der Waals surface area (Å²) in [7, 11) is 0. The lowest BCUT2D eigenvalue weighted by atomic mass is 9.87. The Kier molecular flexibility index (Phi) is 2.09.